The number of aryl methyl sites for hydroxylation is 1. The van der Waals surface area contributed by atoms with Crippen LogP contribution in [0.25, 0.3) is 0 Å². The predicted molar refractivity (Wildman–Crippen MR) is 125 cm³/mol. The van der Waals surface area contributed by atoms with E-state index in [9.17, 15) is 0 Å². The Balaban J connectivity index is 1.25. The van der Waals surface area contributed by atoms with Crippen molar-refractivity contribution >= 4 is 5.69 Å². The molecule has 1 aliphatic rings. The molecule has 2 N–H and O–H groups in total. The minimum absolute atomic E-state index is 0.0255. The zero-order valence-electron chi connectivity index (χ0n) is 18.3. The second kappa shape index (κ2) is 10.5. The fraction of sp³-hybridized carbons (Fsp3) is 0.385. The molecule has 0 radical (unpaired) electrons. The number of nitrogens with two attached hydrogens (primary N) is 1. The van der Waals surface area contributed by atoms with E-state index in [1.54, 1.807) is 0 Å². The first-order chi connectivity index (χ1) is 15.2. The van der Waals surface area contributed by atoms with E-state index in [1.807, 2.05) is 24.3 Å². The normalized spacial score (nSPS) is 16.3. The standard InChI is InChI=1S/C26H33N3O2/c1-28-16-7-12-24(28)26(21-9-3-2-4-10-21)31-22-14-18-29(19-15-22)17-8-20-30-25-13-6-5-11-23(25)27/h2-7,9-13,16,22,26H,8,14-15,17-20,27H2,1H3. The van der Waals surface area contributed by atoms with Gasteiger partial charge in [0.25, 0.3) is 0 Å². The molecule has 4 rings (SSSR count). The van der Waals surface area contributed by atoms with E-state index in [0.29, 0.717) is 12.3 Å². The van der Waals surface area contributed by atoms with Crippen LogP contribution in [0.15, 0.2) is 72.9 Å². The zero-order chi connectivity index (χ0) is 21.5. The summed E-state index contributed by atoms with van der Waals surface area (Å²) in [5.74, 6) is 0.780. The average Bonchev–Trinajstić information content (AvgIpc) is 3.23. The summed E-state index contributed by atoms with van der Waals surface area (Å²) in [5, 5.41) is 0. The van der Waals surface area contributed by atoms with Crippen molar-refractivity contribution < 1.29 is 9.47 Å². The Morgan fingerprint density at radius 1 is 0.968 bits per heavy atom. The molecule has 5 heteroatoms. The Hall–Kier alpha value is -2.76. The Labute approximate surface area is 185 Å². The summed E-state index contributed by atoms with van der Waals surface area (Å²) in [7, 11) is 2.09. The van der Waals surface area contributed by atoms with Gasteiger partial charge in [-0.25, -0.2) is 0 Å². The number of rotatable bonds is 9. The van der Waals surface area contributed by atoms with Crippen molar-refractivity contribution in [1.29, 1.82) is 0 Å². The summed E-state index contributed by atoms with van der Waals surface area (Å²) < 4.78 is 14.6. The van der Waals surface area contributed by atoms with E-state index in [2.05, 4.69) is 65.2 Å². The van der Waals surface area contributed by atoms with Crippen LogP contribution < -0.4 is 10.5 Å². The molecule has 1 saturated heterocycles. The number of piperidine rings is 1. The maximum Gasteiger partial charge on any atom is 0.142 e. The third-order valence-electron chi connectivity index (χ3n) is 6.01. The lowest BCUT2D eigenvalue weighted by Crippen LogP contribution is -2.38. The van der Waals surface area contributed by atoms with Gasteiger partial charge in [-0.3, -0.25) is 0 Å². The molecule has 3 aromatic rings. The van der Waals surface area contributed by atoms with Crippen molar-refractivity contribution in [2.75, 3.05) is 32.0 Å². The average molecular weight is 420 g/mol. The number of nitrogens with zero attached hydrogens (tertiary/aromatic N) is 2. The monoisotopic (exact) mass is 419 g/mol. The highest BCUT2D eigenvalue weighted by molar-refractivity contribution is 5.51. The van der Waals surface area contributed by atoms with Crippen LogP contribution in [-0.2, 0) is 11.8 Å². The molecule has 1 atom stereocenters. The van der Waals surface area contributed by atoms with E-state index in [1.165, 1.54) is 11.3 Å². The largest absolute Gasteiger partial charge is 0.491 e. The van der Waals surface area contributed by atoms with Crippen LogP contribution in [-0.4, -0.2) is 41.8 Å². The molecular weight excluding hydrogens is 386 g/mol. The van der Waals surface area contributed by atoms with Crippen molar-refractivity contribution in [3.8, 4) is 5.75 Å². The van der Waals surface area contributed by atoms with Gasteiger partial charge in [0.05, 0.1) is 24.1 Å². The Bertz CT molecular complexity index is 933. The molecule has 0 saturated carbocycles. The molecule has 0 spiro atoms. The lowest BCUT2D eigenvalue weighted by Gasteiger charge is -2.34. The maximum atomic E-state index is 6.66. The third kappa shape index (κ3) is 5.69. The van der Waals surface area contributed by atoms with Crippen molar-refractivity contribution in [3.63, 3.8) is 0 Å². The molecule has 164 valence electrons. The number of hydrogen-bond donors (Lipinski definition) is 1. The van der Waals surface area contributed by atoms with E-state index in [-0.39, 0.29) is 12.2 Å². The molecule has 2 heterocycles. The molecule has 1 unspecified atom stereocenters. The zero-order valence-corrected chi connectivity index (χ0v) is 18.3. The lowest BCUT2D eigenvalue weighted by molar-refractivity contribution is -0.0298. The summed E-state index contributed by atoms with van der Waals surface area (Å²) in [6, 6.07) is 22.5. The number of para-hydroxylation sites is 2. The van der Waals surface area contributed by atoms with Gasteiger partial charge in [-0.1, -0.05) is 42.5 Å². The first-order valence-corrected chi connectivity index (χ1v) is 11.2. The number of likely N-dealkylation sites (tertiary alicyclic amines) is 1. The predicted octanol–water partition coefficient (Wildman–Crippen LogP) is 4.65. The summed E-state index contributed by atoms with van der Waals surface area (Å²) >= 11 is 0. The van der Waals surface area contributed by atoms with Gasteiger partial charge in [-0.2, -0.15) is 0 Å². The van der Waals surface area contributed by atoms with Crippen LogP contribution in [0.1, 0.15) is 36.6 Å². The maximum absolute atomic E-state index is 6.66. The lowest BCUT2D eigenvalue weighted by atomic mass is 10.0. The Morgan fingerprint density at radius 2 is 1.71 bits per heavy atom. The first kappa shape index (κ1) is 21.5. The molecule has 0 amide bonds. The van der Waals surface area contributed by atoms with Crippen molar-refractivity contribution in [1.82, 2.24) is 9.47 Å². The van der Waals surface area contributed by atoms with Gasteiger partial charge in [-0.15, -0.1) is 0 Å². The van der Waals surface area contributed by atoms with Crippen LogP contribution in [0.2, 0.25) is 0 Å². The molecule has 0 bridgehead atoms. The molecular formula is C26H33N3O2. The summed E-state index contributed by atoms with van der Waals surface area (Å²) in [5.41, 5.74) is 9.05. The second-order valence-corrected chi connectivity index (χ2v) is 8.25. The molecule has 1 fully saturated rings. The molecule has 1 aromatic heterocycles. The number of hydrogen-bond acceptors (Lipinski definition) is 4. The van der Waals surface area contributed by atoms with E-state index < -0.39 is 0 Å². The van der Waals surface area contributed by atoms with Gasteiger partial charge in [-0.05, 0) is 49.1 Å². The van der Waals surface area contributed by atoms with Crippen LogP contribution in [0.3, 0.4) is 0 Å². The van der Waals surface area contributed by atoms with Gasteiger partial charge >= 0.3 is 0 Å². The molecule has 31 heavy (non-hydrogen) atoms. The number of aromatic nitrogens is 1. The van der Waals surface area contributed by atoms with E-state index in [4.69, 9.17) is 15.2 Å². The Morgan fingerprint density at radius 3 is 2.42 bits per heavy atom. The summed E-state index contributed by atoms with van der Waals surface area (Å²) in [4.78, 5) is 2.51. The number of benzene rings is 2. The number of ether oxygens (including phenoxy) is 2. The SMILES string of the molecule is Cn1cccc1C(OC1CCN(CCCOc2ccccc2N)CC1)c1ccccc1. The topological polar surface area (TPSA) is 52.6 Å². The minimum Gasteiger partial charge on any atom is -0.491 e. The molecule has 2 aromatic carbocycles. The highest BCUT2D eigenvalue weighted by Gasteiger charge is 2.25. The smallest absolute Gasteiger partial charge is 0.142 e. The van der Waals surface area contributed by atoms with Gasteiger partial charge < -0.3 is 24.7 Å². The first-order valence-electron chi connectivity index (χ1n) is 11.2. The van der Waals surface area contributed by atoms with Crippen molar-refractivity contribution in [3.05, 3.63) is 84.2 Å². The van der Waals surface area contributed by atoms with Crippen LogP contribution >= 0.6 is 0 Å². The second-order valence-electron chi connectivity index (χ2n) is 8.25. The Kier molecular flexibility index (Phi) is 7.28. The van der Waals surface area contributed by atoms with Crippen molar-refractivity contribution in [2.24, 2.45) is 7.05 Å². The van der Waals surface area contributed by atoms with Crippen LogP contribution in [0.5, 0.6) is 5.75 Å². The van der Waals surface area contributed by atoms with Crippen LogP contribution in [0.4, 0.5) is 5.69 Å². The summed E-state index contributed by atoms with van der Waals surface area (Å²) in [6.45, 7) is 3.85. The van der Waals surface area contributed by atoms with E-state index >= 15 is 0 Å². The molecule has 5 nitrogen and oxygen atoms in total. The minimum atomic E-state index is -0.0255. The quantitative estimate of drug-likeness (QED) is 0.405. The van der Waals surface area contributed by atoms with Gasteiger partial charge in [0.1, 0.15) is 11.9 Å². The van der Waals surface area contributed by atoms with Gasteiger partial charge in [0.15, 0.2) is 0 Å². The number of anilines is 1. The third-order valence-corrected chi connectivity index (χ3v) is 6.01. The van der Waals surface area contributed by atoms with Gasteiger partial charge in [0, 0.05) is 32.9 Å². The molecule has 0 aliphatic carbocycles. The van der Waals surface area contributed by atoms with Crippen LogP contribution in [0, 0.1) is 0 Å². The van der Waals surface area contributed by atoms with Crippen molar-refractivity contribution in [2.45, 2.75) is 31.5 Å². The number of nitrogen functional groups attached to an aromatic ring is 1. The highest BCUT2D eigenvalue weighted by Crippen LogP contribution is 2.30. The molecule has 1 aliphatic heterocycles. The highest BCUT2D eigenvalue weighted by atomic mass is 16.5. The van der Waals surface area contributed by atoms with Gasteiger partial charge in [0.2, 0.25) is 0 Å². The van der Waals surface area contributed by atoms with E-state index in [0.717, 1.165) is 44.6 Å². The fourth-order valence-corrected chi connectivity index (χ4v) is 4.24. The fourth-order valence-electron chi connectivity index (χ4n) is 4.24. The summed E-state index contributed by atoms with van der Waals surface area (Å²) in [6.07, 6.45) is 5.44.